The number of ether oxygens (including phenoxy) is 1. The molecule has 2 amide bonds. The number of rotatable bonds is 5. The summed E-state index contributed by atoms with van der Waals surface area (Å²) in [6.45, 7) is 0. The Morgan fingerprint density at radius 1 is 0.862 bits per heavy atom. The molecule has 5 nitrogen and oxygen atoms in total. The third kappa shape index (κ3) is 3.60. The number of carbonyl (C=O) groups excluding carboxylic acids is 2. The molecule has 1 aliphatic rings. The van der Waals surface area contributed by atoms with Gasteiger partial charge < -0.3 is 10.1 Å². The molecule has 4 rings (SSSR count). The molecule has 0 bridgehead atoms. The molecule has 0 aromatic heterocycles. The van der Waals surface area contributed by atoms with Gasteiger partial charge in [-0.2, -0.15) is 0 Å². The molecule has 0 fully saturated rings. The molecule has 3 aromatic carbocycles. The number of carbonyl (C=O) groups is 2. The van der Waals surface area contributed by atoms with Crippen molar-refractivity contribution >= 4 is 40.4 Å². The highest BCUT2D eigenvalue weighted by Gasteiger charge is 2.40. The predicted octanol–water partition coefficient (Wildman–Crippen LogP) is 4.75. The van der Waals surface area contributed by atoms with Gasteiger partial charge in [-0.1, -0.05) is 48.0 Å². The quantitative estimate of drug-likeness (QED) is 0.624. The smallest absolute Gasteiger partial charge is 0.282 e. The Bertz CT molecular complexity index is 1110. The second kappa shape index (κ2) is 7.81. The van der Waals surface area contributed by atoms with Crippen LogP contribution in [0.2, 0.25) is 5.02 Å². The topological polar surface area (TPSA) is 58.6 Å². The van der Waals surface area contributed by atoms with Crippen LogP contribution in [-0.2, 0) is 9.59 Å². The van der Waals surface area contributed by atoms with Crippen LogP contribution in [0.15, 0.2) is 84.6 Å². The van der Waals surface area contributed by atoms with Gasteiger partial charge in [0.1, 0.15) is 11.4 Å². The maximum Gasteiger partial charge on any atom is 0.282 e. The summed E-state index contributed by atoms with van der Waals surface area (Å²) in [5.41, 5.74) is 2.29. The fraction of sp³-hybridized carbons (Fsp3) is 0.0435. The first-order valence-corrected chi connectivity index (χ1v) is 9.31. The summed E-state index contributed by atoms with van der Waals surface area (Å²) < 4.78 is 5.25. The number of benzene rings is 3. The number of halogens is 1. The summed E-state index contributed by atoms with van der Waals surface area (Å²) in [7, 11) is 1.57. The second-order valence-electron chi connectivity index (χ2n) is 6.40. The number of amides is 2. The van der Waals surface area contributed by atoms with Crippen molar-refractivity contribution < 1.29 is 14.3 Å². The SMILES string of the molecule is COc1cccc(NC2=C(c3ccccc3)C(=O)N(c3ccc(Cl)cc3)C2=O)c1. The van der Waals surface area contributed by atoms with Gasteiger partial charge in [-0.15, -0.1) is 0 Å². The predicted molar refractivity (Wildman–Crippen MR) is 114 cm³/mol. The molecular weight excluding hydrogens is 388 g/mol. The van der Waals surface area contributed by atoms with Crippen molar-refractivity contribution in [1.29, 1.82) is 0 Å². The Balaban J connectivity index is 1.80. The fourth-order valence-corrected chi connectivity index (χ4v) is 3.31. The molecular formula is C23H17ClN2O3. The number of nitrogens with one attached hydrogen (secondary N) is 1. The first-order chi connectivity index (χ1) is 14.1. The molecule has 0 unspecified atom stereocenters. The molecule has 6 heteroatoms. The lowest BCUT2D eigenvalue weighted by molar-refractivity contribution is -0.120. The summed E-state index contributed by atoms with van der Waals surface area (Å²) in [6, 6.07) is 22.9. The van der Waals surface area contributed by atoms with Crippen LogP contribution in [0.5, 0.6) is 5.75 Å². The number of imide groups is 1. The van der Waals surface area contributed by atoms with Crippen molar-refractivity contribution in [3.05, 3.63) is 95.1 Å². The number of nitrogens with zero attached hydrogens (tertiary/aromatic N) is 1. The van der Waals surface area contributed by atoms with E-state index >= 15 is 0 Å². The van der Waals surface area contributed by atoms with E-state index in [0.717, 1.165) is 4.90 Å². The highest BCUT2D eigenvalue weighted by molar-refractivity contribution is 6.46. The maximum atomic E-state index is 13.3. The number of hydrogen-bond acceptors (Lipinski definition) is 4. The molecule has 144 valence electrons. The standard InChI is InChI=1S/C23H17ClN2O3/c1-29-19-9-5-8-17(14-19)25-21-20(15-6-3-2-4-7-15)22(27)26(23(21)28)18-12-10-16(24)11-13-18/h2-14,25H,1H3. The Hall–Kier alpha value is -3.57. The minimum Gasteiger partial charge on any atom is -0.497 e. The van der Waals surface area contributed by atoms with E-state index in [1.807, 2.05) is 24.3 Å². The van der Waals surface area contributed by atoms with Gasteiger partial charge in [0, 0.05) is 16.8 Å². The van der Waals surface area contributed by atoms with Crippen molar-refractivity contribution in [3.63, 3.8) is 0 Å². The van der Waals surface area contributed by atoms with E-state index in [1.54, 1.807) is 61.7 Å². The van der Waals surface area contributed by atoms with Gasteiger partial charge in [0.05, 0.1) is 18.4 Å². The lowest BCUT2D eigenvalue weighted by Crippen LogP contribution is -2.32. The third-order valence-electron chi connectivity index (χ3n) is 4.57. The van der Waals surface area contributed by atoms with Gasteiger partial charge in [0.2, 0.25) is 0 Å². The molecule has 1 N–H and O–H groups in total. The van der Waals surface area contributed by atoms with Crippen molar-refractivity contribution in [3.8, 4) is 5.75 Å². The summed E-state index contributed by atoms with van der Waals surface area (Å²) in [5, 5.41) is 3.64. The molecule has 0 aliphatic carbocycles. The minimum absolute atomic E-state index is 0.212. The lowest BCUT2D eigenvalue weighted by atomic mass is 10.0. The fourth-order valence-electron chi connectivity index (χ4n) is 3.19. The number of methoxy groups -OCH3 is 1. The van der Waals surface area contributed by atoms with Gasteiger partial charge >= 0.3 is 0 Å². The zero-order chi connectivity index (χ0) is 20.4. The molecule has 0 saturated heterocycles. The second-order valence-corrected chi connectivity index (χ2v) is 6.83. The van der Waals surface area contributed by atoms with Crippen LogP contribution in [0, 0.1) is 0 Å². The maximum absolute atomic E-state index is 13.3. The Morgan fingerprint density at radius 3 is 2.28 bits per heavy atom. The van der Waals surface area contributed by atoms with Crippen molar-refractivity contribution in [1.82, 2.24) is 0 Å². The molecule has 0 atom stereocenters. The highest BCUT2D eigenvalue weighted by Crippen LogP contribution is 2.34. The van der Waals surface area contributed by atoms with Crippen molar-refractivity contribution in [2.75, 3.05) is 17.3 Å². The molecule has 29 heavy (non-hydrogen) atoms. The van der Waals surface area contributed by atoms with Gasteiger partial charge in [-0.25, -0.2) is 4.90 Å². The summed E-state index contributed by atoms with van der Waals surface area (Å²) in [4.78, 5) is 27.7. The Morgan fingerprint density at radius 2 is 1.59 bits per heavy atom. The molecule has 0 spiro atoms. The summed E-state index contributed by atoms with van der Waals surface area (Å²) in [5.74, 6) is -0.184. The largest absolute Gasteiger partial charge is 0.497 e. The summed E-state index contributed by atoms with van der Waals surface area (Å²) >= 11 is 5.96. The Labute approximate surface area is 173 Å². The molecule has 1 heterocycles. The van der Waals surface area contributed by atoms with E-state index in [1.165, 1.54) is 0 Å². The van der Waals surface area contributed by atoms with Crippen LogP contribution in [0.4, 0.5) is 11.4 Å². The van der Waals surface area contributed by atoms with Crippen LogP contribution >= 0.6 is 11.6 Å². The van der Waals surface area contributed by atoms with E-state index in [2.05, 4.69) is 5.32 Å². The van der Waals surface area contributed by atoms with Crippen molar-refractivity contribution in [2.24, 2.45) is 0 Å². The van der Waals surface area contributed by atoms with Gasteiger partial charge in [0.25, 0.3) is 11.8 Å². The summed E-state index contributed by atoms with van der Waals surface area (Å²) in [6.07, 6.45) is 0. The zero-order valence-electron chi connectivity index (χ0n) is 15.6. The van der Waals surface area contributed by atoms with Crippen LogP contribution in [-0.4, -0.2) is 18.9 Å². The minimum atomic E-state index is -0.431. The number of anilines is 2. The average Bonchev–Trinajstić information content (AvgIpc) is 2.99. The average molecular weight is 405 g/mol. The monoisotopic (exact) mass is 404 g/mol. The number of hydrogen-bond donors (Lipinski definition) is 1. The zero-order valence-corrected chi connectivity index (χ0v) is 16.3. The van der Waals surface area contributed by atoms with Crippen molar-refractivity contribution in [2.45, 2.75) is 0 Å². The van der Waals surface area contributed by atoms with Gasteiger partial charge in [-0.05, 0) is 42.0 Å². The van der Waals surface area contributed by atoms with E-state index < -0.39 is 11.8 Å². The van der Waals surface area contributed by atoms with E-state index in [0.29, 0.717) is 33.3 Å². The molecule has 3 aromatic rings. The molecule has 0 radical (unpaired) electrons. The first-order valence-electron chi connectivity index (χ1n) is 8.93. The lowest BCUT2D eigenvalue weighted by Gasteiger charge is -2.15. The molecule has 1 aliphatic heterocycles. The van der Waals surface area contributed by atoms with E-state index in [9.17, 15) is 9.59 Å². The van der Waals surface area contributed by atoms with Crippen LogP contribution in [0.25, 0.3) is 5.57 Å². The van der Waals surface area contributed by atoms with Crippen LogP contribution < -0.4 is 15.0 Å². The third-order valence-corrected chi connectivity index (χ3v) is 4.82. The first kappa shape index (κ1) is 18.8. The highest BCUT2D eigenvalue weighted by atomic mass is 35.5. The molecule has 0 saturated carbocycles. The Kier molecular flexibility index (Phi) is 5.06. The van der Waals surface area contributed by atoms with Crippen LogP contribution in [0.1, 0.15) is 5.56 Å². The van der Waals surface area contributed by atoms with Gasteiger partial charge in [0.15, 0.2) is 0 Å². The van der Waals surface area contributed by atoms with E-state index in [4.69, 9.17) is 16.3 Å². The van der Waals surface area contributed by atoms with E-state index in [-0.39, 0.29) is 5.70 Å². The van der Waals surface area contributed by atoms with Gasteiger partial charge in [-0.3, -0.25) is 9.59 Å². The normalized spacial score (nSPS) is 13.8. The van der Waals surface area contributed by atoms with Crippen LogP contribution in [0.3, 0.4) is 0 Å².